The van der Waals surface area contributed by atoms with E-state index in [4.69, 9.17) is 5.11 Å². The van der Waals surface area contributed by atoms with E-state index in [1.165, 1.54) is 0 Å². The molecule has 1 rings (SSSR count). The summed E-state index contributed by atoms with van der Waals surface area (Å²) >= 11 is 0. The molecule has 1 atom stereocenters. The summed E-state index contributed by atoms with van der Waals surface area (Å²) in [5, 5.41) is 12.0. The molecule has 17 heavy (non-hydrogen) atoms. The number of hydrogen-bond acceptors (Lipinski definition) is 3. The average Bonchev–Trinajstić information content (AvgIpc) is 2.30. The number of nitrogens with one attached hydrogen (secondary N) is 1. The number of carbonyl (C=O) groups is 2. The van der Waals surface area contributed by atoms with Crippen molar-refractivity contribution in [3.63, 3.8) is 0 Å². The largest absolute Gasteiger partial charge is 0.481 e. The van der Waals surface area contributed by atoms with E-state index in [1.54, 1.807) is 11.8 Å². The fourth-order valence-corrected chi connectivity index (χ4v) is 2.35. The second kappa shape index (κ2) is 6.59. The van der Waals surface area contributed by atoms with E-state index in [0.717, 1.165) is 25.9 Å². The molecule has 5 heteroatoms. The van der Waals surface area contributed by atoms with Gasteiger partial charge in [-0.1, -0.05) is 0 Å². The predicted molar refractivity (Wildman–Crippen MR) is 64.7 cm³/mol. The maximum atomic E-state index is 12.3. The van der Waals surface area contributed by atoms with Crippen molar-refractivity contribution in [1.29, 1.82) is 0 Å². The number of rotatable bonds is 5. The average molecular weight is 242 g/mol. The van der Waals surface area contributed by atoms with E-state index in [9.17, 15) is 9.59 Å². The van der Waals surface area contributed by atoms with E-state index in [2.05, 4.69) is 5.32 Å². The van der Waals surface area contributed by atoms with Gasteiger partial charge in [-0.3, -0.25) is 9.59 Å². The quantitative estimate of drug-likeness (QED) is 0.744. The van der Waals surface area contributed by atoms with Gasteiger partial charge in [0.05, 0.1) is 6.42 Å². The maximum absolute atomic E-state index is 12.3. The third kappa shape index (κ3) is 4.00. The Balaban J connectivity index is 2.58. The Morgan fingerprint density at radius 2 is 2.00 bits per heavy atom. The lowest BCUT2D eigenvalue weighted by molar-refractivity contribution is -0.142. The zero-order valence-corrected chi connectivity index (χ0v) is 10.6. The van der Waals surface area contributed by atoms with Gasteiger partial charge in [0.15, 0.2) is 0 Å². The summed E-state index contributed by atoms with van der Waals surface area (Å²) in [4.78, 5) is 24.6. The van der Waals surface area contributed by atoms with Gasteiger partial charge in [-0.15, -0.1) is 0 Å². The molecule has 0 aromatic heterocycles. The summed E-state index contributed by atoms with van der Waals surface area (Å²) in [6, 6.07) is -0.222. The summed E-state index contributed by atoms with van der Waals surface area (Å²) in [6.45, 7) is 6.04. The molecule has 5 nitrogen and oxygen atoms in total. The van der Waals surface area contributed by atoms with E-state index < -0.39 is 5.97 Å². The van der Waals surface area contributed by atoms with Crippen LogP contribution in [0.4, 0.5) is 0 Å². The predicted octanol–water partition coefficient (Wildman–Crippen LogP) is 0.698. The van der Waals surface area contributed by atoms with E-state index >= 15 is 0 Å². The van der Waals surface area contributed by atoms with E-state index in [-0.39, 0.29) is 24.3 Å². The molecular formula is C12H22N2O3. The molecule has 0 aliphatic carbocycles. The first-order valence-electron chi connectivity index (χ1n) is 6.29. The van der Waals surface area contributed by atoms with Crippen LogP contribution < -0.4 is 5.32 Å². The van der Waals surface area contributed by atoms with Crippen molar-refractivity contribution in [2.75, 3.05) is 19.6 Å². The van der Waals surface area contributed by atoms with Gasteiger partial charge < -0.3 is 15.3 Å². The minimum Gasteiger partial charge on any atom is -0.481 e. The van der Waals surface area contributed by atoms with Crippen LogP contribution in [0.25, 0.3) is 0 Å². The zero-order valence-electron chi connectivity index (χ0n) is 10.6. The molecule has 1 saturated heterocycles. The lowest BCUT2D eigenvalue weighted by Crippen LogP contribution is -2.45. The smallest absolute Gasteiger partial charge is 0.305 e. The van der Waals surface area contributed by atoms with Crippen LogP contribution in [-0.2, 0) is 9.59 Å². The summed E-state index contributed by atoms with van der Waals surface area (Å²) < 4.78 is 0. The molecule has 0 aromatic rings. The standard InChI is InChI=1S/C12H22N2O3/c1-3-14(9(2)8-11(15)16)12(17)10-4-6-13-7-5-10/h9-10,13H,3-8H2,1-2H3,(H,15,16). The van der Waals surface area contributed by atoms with Crippen LogP contribution in [0.1, 0.15) is 33.1 Å². The Kier molecular flexibility index (Phi) is 5.41. The molecule has 1 unspecified atom stereocenters. The first-order chi connectivity index (χ1) is 8.06. The lowest BCUT2D eigenvalue weighted by Gasteiger charge is -2.32. The Morgan fingerprint density at radius 3 is 2.47 bits per heavy atom. The van der Waals surface area contributed by atoms with Crippen molar-refractivity contribution >= 4 is 11.9 Å². The first-order valence-corrected chi connectivity index (χ1v) is 6.29. The fraction of sp³-hybridized carbons (Fsp3) is 0.833. The molecule has 2 N–H and O–H groups in total. The van der Waals surface area contributed by atoms with Crippen LogP contribution in [0.5, 0.6) is 0 Å². The normalized spacial score (nSPS) is 18.7. The Morgan fingerprint density at radius 1 is 1.41 bits per heavy atom. The molecule has 1 heterocycles. The fourth-order valence-electron chi connectivity index (χ4n) is 2.35. The molecule has 0 bridgehead atoms. The molecule has 0 spiro atoms. The van der Waals surface area contributed by atoms with Crippen molar-refractivity contribution in [1.82, 2.24) is 10.2 Å². The van der Waals surface area contributed by atoms with Gasteiger partial charge >= 0.3 is 5.97 Å². The number of piperidine rings is 1. The molecule has 1 aliphatic heterocycles. The third-order valence-electron chi connectivity index (χ3n) is 3.31. The van der Waals surface area contributed by atoms with Crippen molar-refractivity contribution < 1.29 is 14.7 Å². The van der Waals surface area contributed by atoms with E-state index in [0.29, 0.717) is 6.54 Å². The number of aliphatic carboxylic acids is 1. The zero-order chi connectivity index (χ0) is 12.8. The van der Waals surface area contributed by atoms with Gasteiger partial charge in [0, 0.05) is 18.5 Å². The van der Waals surface area contributed by atoms with Crippen LogP contribution in [0, 0.1) is 5.92 Å². The van der Waals surface area contributed by atoms with Crippen molar-refractivity contribution in [2.45, 2.75) is 39.2 Å². The van der Waals surface area contributed by atoms with Gasteiger partial charge in [-0.2, -0.15) is 0 Å². The number of hydrogen-bond donors (Lipinski definition) is 2. The number of nitrogens with zero attached hydrogens (tertiary/aromatic N) is 1. The van der Waals surface area contributed by atoms with Gasteiger partial charge in [-0.05, 0) is 39.8 Å². The second-order valence-electron chi connectivity index (χ2n) is 4.60. The summed E-state index contributed by atoms with van der Waals surface area (Å²) in [6.07, 6.45) is 1.73. The SMILES string of the molecule is CCN(C(=O)C1CCNCC1)C(C)CC(=O)O. The number of carboxylic acids is 1. The summed E-state index contributed by atoms with van der Waals surface area (Å²) in [5.41, 5.74) is 0. The van der Waals surface area contributed by atoms with Gasteiger partial charge in [0.25, 0.3) is 0 Å². The molecule has 1 aliphatic rings. The summed E-state index contributed by atoms with van der Waals surface area (Å²) in [7, 11) is 0. The van der Waals surface area contributed by atoms with Gasteiger partial charge in [0.2, 0.25) is 5.91 Å². The highest BCUT2D eigenvalue weighted by Crippen LogP contribution is 2.17. The molecule has 98 valence electrons. The lowest BCUT2D eigenvalue weighted by atomic mass is 9.95. The van der Waals surface area contributed by atoms with Gasteiger partial charge in [0.1, 0.15) is 0 Å². The Hall–Kier alpha value is -1.10. The molecular weight excluding hydrogens is 220 g/mol. The number of amides is 1. The number of carbonyl (C=O) groups excluding carboxylic acids is 1. The van der Waals surface area contributed by atoms with Crippen molar-refractivity contribution in [3.05, 3.63) is 0 Å². The molecule has 1 fully saturated rings. The highest BCUT2D eigenvalue weighted by Gasteiger charge is 2.28. The van der Waals surface area contributed by atoms with Crippen molar-refractivity contribution in [3.8, 4) is 0 Å². The third-order valence-corrected chi connectivity index (χ3v) is 3.31. The minimum atomic E-state index is -0.853. The van der Waals surface area contributed by atoms with Gasteiger partial charge in [-0.25, -0.2) is 0 Å². The summed E-state index contributed by atoms with van der Waals surface area (Å²) in [5.74, 6) is -0.677. The highest BCUT2D eigenvalue weighted by atomic mass is 16.4. The van der Waals surface area contributed by atoms with Crippen LogP contribution in [0.15, 0.2) is 0 Å². The maximum Gasteiger partial charge on any atom is 0.305 e. The second-order valence-corrected chi connectivity index (χ2v) is 4.60. The van der Waals surface area contributed by atoms with Crippen LogP contribution in [0.3, 0.4) is 0 Å². The van der Waals surface area contributed by atoms with Crippen LogP contribution in [-0.4, -0.2) is 47.6 Å². The molecule has 0 aromatic carbocycles. The number of carboxylic acid groups (broad SMARTS) is 1. The molecule has 0 radical (unpaired) electrons. The highest BCUT2D eigenvalue weighted by molar-refractivity contribution is 5.80. The first kappa shape index (κ1) is 14.0. The Labute approximate surface area is 102 Å². The topological polar surface area (TPSA) is 69.6 Å². The van der Waals surface area contributed by atoms with Crippen LogP contribution in [0.2, 0.25) is 0 Å². The van der Waals surface area contributed by atoms with Crippen molar-refractivity contribution in [2.24, 2.45) is 5.92 Å². The minimum absolute atomic E-state index is 0.0184. The monoisotopic (exact) mass is 242 g/mol. The molecule has 1 amide bonds. The Bertz CT molecular complexity index is 275. The van der Waals surface area contributed by atoms with E-state index in [1.807, 2.05) is 6.92 Å². The van der Waals surface area contributed by atoms with Crippen LogP contribution >= 0.6 is 0 Å². The molecule has 0 saturated carbocycles.